The van der Waals surface area contributed by atoms with E-state index in [9.17, 15) is 13.2 Å². The van der Waals surface area contributed by atoms with Crippen molar-refractivity contribution in [2.24, 2.45) is 0 Å². The molecule has 0 fully saturated rings. The number of hydrogen-bond donors (Lipinski definition) is 1. The molecule has 0 aliphatic rings. The van der Waals surface area contributed by atoms with Crippen molar-refractivity contribution >= 4 is 12.6 Å². The van der Waals surface area contributed by atoms with Crippen molar-refractivity contribution in [1.82, 2.24) is 0 Å². The maximum Gasteiger partial charge on any atom is 0.406 e. The van der Waals surface area contributed by atoms with E-state index < -0.39 is 10.9 Å². The zero-order valence-corrected chi connectivity index (χ0v) is 8.57. The molecule has 1 aromatic carbocycles. The van der Waals surface area contributed by atoms with Gasteiger partial charge in [-0.05, 0) is 12.0 Å². The van der Waals surface area contributed by atoms with Crippen LogP contribution < -0.4 is 0 Å². The fourth-order valence-electron chi connectivity index (χ4n) is 1.28. The molecule has 1 unspecified atom stereocenters. The molecule has 0 aliphatic heterocycles. The van der Waals surface area contributed by atoms with Gasteiger partial charge in [-0.3, -0.25) is 0 Å². The normalized spacial score (nSPS) is 16.4. The molecule has 0 heterocycles. The van der Waals surface area contributed by atoms with Crippen LogP contribution in [0.5, 0.6) is 0 Å². The molecule has 0 spiro atoms. The number of thiol groups is 1. The molecule has 0 saturated carbocycles. The minimum atomic E-state index is -4.33. The lowest BCUT2D eigenvalue weighted by Gasteiger charge is -2.30. The highest BCUT2D eigenvalue weighted by Gasteiger charge is 2.51. The van der Waals surface area contributed by atoms with Crippen LogP contribution in [0.4, 0.5) is 13.2 Å². The van der Waals surface area contributed by atoms with Crippen LogP contribution >= 0.6 is 12.6 Å². The number of halogens is 3. The van der Waals surface area contributed by atoms with E-state index in [1.165, 1.54) is 19.1 Å². The molecule has 0 saturated heterocycles. The second-order valence-corrected chi connectivity index (χ2v) is 3.84. The van der Waals surface area contributed by atoms with Gasteiger partial charge in [-0.1, -0.05) is 37.3 Å². The highest BCUT2D eigenvalue weighted by Crippen LogP contribution is 2.46. The molecular formula is C10H11F3S. The summed E-state index contributed by atoms with van der Waals surface area (Å²) in [6.45, 7) is 1.48. The molecule has 0 radical (unpaired) electrons. The number of rotatable bonds is 2. The highest BCUT2D eigenvalue weighted by molar-refractivity contribution is 7.81. The van der Waals surface area contributed by atoms with Crippen LogP contribution in [0.1, 0.15) is 18.9 Å². The van der Waals surface area contributed by atoms with E-state index in [-0.39, 0.29) is 12.0 Å². The van der Waals surface area contributed by atoms with Crippen LogP contribution in [0.2, 0.25) is 0 Å². The van der Waals surface area contributed by atoms with E-state index in [1.807, 2.05) is 0 Å². The Kier molecular flexibility index (Phi) is 3.14. The maximum atomic E-state index is 12.7. The first-order valence-corrected chi connectivity index (χ1v) is 4.71. The topological polar surface area (TPSA) is 0 Å². The van der Waals surface area contributed by atoms with E-state index in [1.54, 1.807) is 18.2 Å². The molecular weight excluding hydrogens is 209 g/mol. The van der Waals surface area contributed by atoms with Gasteiger partial charge in [0.2, 0.25) is 0 Å². The third kappa shape index (κ3) is 1.90. The predicted molar refractivity (Wildman–Crippen MR) is 53.5 cm³/mol. The predicted octanol–water partition coefficient (Wildman–Crippen LogP) is 3.78. The Bertz CT molecular complexity index is 294. The third-order valence-electron chi connectivity index (χ3n) is 2.23. The van der Waals surface area contributed by atoms with Gasteiger partial charge >= 0.3 is 6.18 Å². The first-order valence-electron chi connectivity index (χ1n) is 4.26. The summed E-state index contributed by atoms with van der Waals surface area (Å²) in [6, 6.07) is 7.75. The van der Waals surface area contributed by atoms with Gasteiger partial charge in [0, 0.05) is 0 Å². The van der Waals surface area contributed by atoms with Crippen molar-refractivity contribution in [2.45, 2.75) is 24.3 Å². The first-order chi connectivity index (χ1) is 6.42. The second kappa shape index (κ2) is 3.85. The fourth-order valence-corrected chi connectivity index (χ4v) is 1.43. The average Bonchev–Trinajstić information content (AvgIpc) is 2.16. The number of benzene rings is 1. The summed E-state index contributed by atoms with van der Waals surface area (Å²) in [5, 5.41) is 0. The molecule has 0 aliphatic carbocycles. The highest BCUT2D eigenvalue weighted by atomic mass is 32.1. The minimum absolute atomic E-state index is 0.0797. The Morgan fingerprint density at radius 2 is 1.64 bits per heavy atom. The SMILES string of the molecule is CCC(S)(c1ccccc1)C(F)(F)F. The lowest BCUT2D eigenvalue weighted by Crippen LogP contribution is -2.36. The lowest BCUT2D eigenvalue weighted by molar-refractivity contribution is -0.162. The maximum absolute atomic E-state index is 12.7. The van der Waals surface area contributed by atoms with Crippen molar-refractivity contribution in [3.8, 4) is 0 Å². The summed E-state index contributed by atoms with van der Waals surface area (Å²) < 4.78 is 36.1. The smallest absolute Gasteiger partial charge is 0.169 e. The monoisotopic (exact) mass is 220 g/mol. The molecule has 1 atom stereocenters. The van der Waals surface area contributed by atoms with Gasteiger partial charge in [-0.25, -0.2) is 0 Å². The molecule has 78 valence electrons. The summed E-state index contributed by atoms with van der Waals surface area (Å²) in [4.78, 5) is 0. The quantitative estimate of drug-likeness (QED) is 0.720. The molecule has 0 amide bonds. The van der Waals surface area contributed by atoms with Crippen LogP contribution in [0.15, 0.2) is 30.3 Å². The molecule has 4 heteroatoms. The summed E-state index contributed by atoms with van der Waals surface area (Å²) >= 11 is 3.76. The van der Waals surface area contributed by atoms with Gasteiger partial charge in [-0.15, -0.1) is 0 Å². The van der Waals surface area contributed by atoms with E-state index in [2.05, 4.69) is 12.6 Å². The van der Waals surface area contributed by atoms with Crippen LogP contribution in [0.25, 0.3) is 0 Å². The summed E-state index contributed by atoms with van der Waals surface area (Å²) in [7, 11) is 0. The largest absolute Gasteiger partial charge is 0.406 e. The Morgan fingerprint density at radius 1 is 1.14 bits per heavy atom. The van der Waals surface area contributed by atoms with Gasteiger partial charge in [0.1, 0.15) is 4.75 Å². The average molecular weight is 220 g/mol. The van der Waals surface area contributed by atoms with Crippen molar-refractivity contribution in [3.05, 3.63) is 35.9 Å². The van der Waals surface area contributed by atoms with Crippen LogP contribution in [0.3, 0.4) is 0 Å². The summed E-state index contributed by atoms with van der Waals surface area (Å²) in [5.74, 6) is 0. The molecule has 0 bridgehead atoms. The van der Waals surface area contributed by atoms with E-state index >= 15 is 0 Å². The number of hydrogen-bond acceptors (Lipinski definition) is 1. The Morgan fingerprint density at radius 3 is 2.00 bits per heavy atom. The molecule has 1 rings (SSSR count). The van der Waals surface area contributed by atoms with Gasteiger partial charge in [0.25, 0.3) is 0 Å². The standard InChI is InChI=1S/C10H11F3S/c1-2-9(14,10(11,12)13)8-6-4-3-5-7-8/h3-7,14H,2H2,1H3. The van der Waals surface area contributed by atoms with Crippen LogP contribution in [-0.2, 0) is 4.75 Å². The van der Waals surface area contributed by atoms with Gasteiger partial charge in [0.15, 0.2) is 0 Å². The zero-order chi connectivity index (χ0) is 10.8. The van der Waals surface area contributed by atoms with Crippen molar-refractivity contribution in [2.75, 3.05) is 0 Å². The lowest BCUT2D eigenvalue weighted by atomic mass is 9.95. The van der Waals surface area contributed by atoms with Crippen molar-refractivity contribution in [3.63, 3.8) is 0 Å². The van der Waals surface area contributed by atoms with Crippen molar-refractivity contribution in [1.29, 1.82) is 0 Å². The van der Waals surface area contributed by atoms with Crippen LogP contribution in [0, 0.1) is 0 Å². The summed E-state index contributed by atoms with van der Waals surface area (Å²) in [5.41, 5.74) is 0.193. The molecule has 1 aromatic rings. The molecule has 0 nitrogen and oxygen atoms in total. The van der Waals surface area contributed by atoms with E-state index in [0.29, 0.717) is 0 Å². The van der Waals surface area contributed by atoms with E-state index in [0.717, 1.165) is 0 Å². The number of alkyl halides is 3. The Balaban J connectivity index is 3.15. The van der Waals surface area contributed by atoms with Crippen molar-refractivity contribution < 1.29 is 13.2 Å². The van der Waals surface area contributed by atoms with E-state index in [4.69, 9.17) is 0 Å². The van der Waals surface area contributed by atoms with Gasteiger partial charge in [-0.2, -0.15) is 25.8 Å². The fraction of sp³-hybridized carbons (Fsp3) is 0.400. The molecule has 0 N–H and O–H groups in total. The molecule has 0 aromatic heterocycles. The minimum Gasteiger partial charge on any atom is -0.169 e. The molecule has 14 heavy (non-hydrogen) atoms. The summed E-state index contributed by atoms with van der Waals surface area (Å²) in [6.07, 6.45) is -4.41. The Hall–Kier alpha value is -0.640. The second-order valence-electron chi connectivity index (χ2n) is 3.08. The third-order valence-corrected chi connectivity index (χ3v) is 3.06. The first kappa shape index (κ1) is 11.4. The van der Waals surface area contributed by atoms with Gasteiger partial charge in [0.05, 0.1) is 0 Å². The zero-order valence-electron chi connectivity index (χ0n) is 7.67. The Labute approximate surface area is 86.5 Å². The van der Waals surface area contributed by atoms with Gasteiger partial charge < -0.3 is 0 Å². The van der Waals surface area contributed by atoms with Crippen LogP contribution in [-0.4, -0.2) is 6.18 Å².